The van der Waals surface area contributed by atoms with Crippen LogP contribution in [0.2, 0.25) is 0 Å². The van der Waals surface area contributed by atoms with Gasteiger partial charge in [-0.3, -0.25) is 9.89 Å². The van der Waals surface area contributed by atoms with Crippen molar-refractivity contribution in [3.63, 3.8) is 0 Å². The highest BCUT2D eigenvalue weighted by atomic mass is 32.2. The zero-order chi connectivity index (χ0) is 20.2. The maximum absolute atomic E-state index is 13.2. The molecule has 1 aromatic heterocycles. The molecule has 1 aromatic carbocycles. The summed E-state index contributed by atoms with van der Waals surface area (Å²) < 4.78 is 28.2. The summed E-state index contributed by atoms with van der Waals surface area (Å²) in [5, 5.41) is 6.62. The van der Waals surface area contributed by atoms with Crippen molar-refractivity contribution in [2.24, 2.45) is 17.8 Å². The predicted octanol–water partition coefficient (Wildman–Crippen LogP) is 2.20. The Labute approximate surface area is 171 Å². The van der Waals surface area contributed by atoms with Crippen LogP contribution in [0.3, 0.4) is 0 Å². The minimum atomic E-state index is -3.32. The molecule has 5 rings (SSSR count). The second-order valence-corrected chi connectivity index (χ2v) is 10.7. The average Bonchev–Trinajstić information content (AvgIpc) is 3.12. The number of aryl methyl sites for hydroxylation is 1. The highest BCUT2D eigenvalue weighted by Gasteiger charge is 2.53. The van der Waals surface area contributed by atoms with E-state index in [0.29, 0.717) is 31.2 Å². The van der Waals surface area contributed by atoms with Crippen LogP contribution in [0, 0.1) is 24.7 Å². The van der Waals surface area contributed by atoms with E-state index >= 15 is 0 Å². The minimum Gasteiger partial charge on any atom is -0.337 e. The number of H-pyrrole nitrogens is 1. The van der Waals surface area contributed by atoms with Gasteiger partial charge in [0.15, 0.2) is 0 Å². The summed E-state index contributed by atoms with van der Waals surface area (Å²) in [5.41, 5.74) is 2.65. The fourth-order valence-corrected chi connectivity index (χ4v) is 7.14. The van der Waals surface area contributed by atoms with Gasteiger partial charge in [0, 0.05) is 31.7 Å². The minimum absolute atomic E-state index is 0.0622. The molecule has 2 saturated heterocycles. The number of rotatable bonds is 5. The molecule has 2 aliphatic heterocycles. The van der Waals surface area contributed by atoms with E-state index in [1.165, 1.54) is 0 Å². The Bertz CT molecular complexity index is 1020. The van der Waals surface area contributed by atoms with Crippen molar-refractivity contribution in [3.8, 4) is 0 Å². The van der Waals surface area contributed by atoms with Crippen molar-refractivity contribution < 1.29 is 13.2 Å². The summed E-state index contributed by atoms with van der Waals surface area (Å²) in [4.78, 5) is 14.7. The van der Waals surface area contributed by atoms with Gasteiger partial charge in [-0.15, -0.1) is 0 Å². The number of carbonyl (C=O) groups is 1. The lowest BCUT2D eigenvalue weighted by molar-refractivity contribution is 0.0768. The van der Waals surface area contributed by atoms with Crippen molar-refractivity contribution in [2.45, 2.75) is 25.8 Å². The first-order valence-corrected chi connectivity index (χ1v) is 11.9. The van der Waals surface area contributed by atoms with Crippen LogP contribution in [0.1, 0.15) is 40.5 Å². The van der Waals surface area contributed by atoms with Crippen LogP contribution >= 0.6 is 0 Å². The van der Waals surface area contributed by atoms with Crippen molar-refractivity contribution in [3.05, 3.63) is 53.3 Å². The monoisotopic (exact) mass is 414 g/mol. The fourth-order valence-electron chi connectivity index (χ4n) is 4.99. The first kappa shape index (κ1) is 18.8. The summed E-state index contributed by atoms with van der Waals surface area (Å²) in [6, 6.07) is 9.52. The van der Waals surface area contributed by atoms with Crippen LogP contribution in [-0.2, 0) is 10.0 Å². The number of aromatic amines is 1. The smallest absolute Gasteiger partial charge is 0.271 e. The Morgan fingerprint density at radius 1 is 1.17 bits per heavy atom. The SMILES string of the molecule is Cc1ccccc1[C@@H]1[C@H]2CN(C(=O)c3ccn[nH]3)C[C@H]2CN1S(=O)(=O)CC1CC1. The van der Waals surface area contributed by atoms with Gasteiger partial charge in [-0.2, -0.15) is 9.40 Å². The van der Waals surface area contributed by atoms with Crippen LogP contribution < -0.4 is 0 Å². The lowest BCUT2D eigenvalue weighted by Crippen LogP contribution is -2.39. The maximum atomic E-state index is 13.2. The highest BCUT2D eigenvalue weighted by Crippen LogP contribution is 2.48. The normalized spacial score (nSPS) is 27.3. The molecule has 154 valence electrons. The number of sulfonamides is 1. The van der Waals surface area contributed by atoms with E-state index in [1.807, 2.05) is 36.1 Å². The lowest BCUT2D eigenvalue weighted by atomic mass is 9.88. The second kappa shape index (κ2) is 6.95. The van der Waals surface area contributed by atoms with Gasteiger partial charge in [-0.25, -0.2) is 8.42 Å². The Morgan fingerprint density at radius 3 is 2.66 bits per heavy atom. The quantitative estimate of drug-likeness (QED) is 0.813. The number of amides is 1. The molecule has 1 N–H and O–H groups in total. The van der Waals surface area contributed by atoms with Gasteiger partial charge in [0.25, 0.3) is 5.91 Å². The van der Waals surface area contributed by atoms with Gasteiger partial charge in [0.2, 0.25) is 10.0 Å². The molecule has 7 nitrogen and oxygen atoms in total. The number of hydrogen-bond acceptors (Lipinski definition) is 4. The van der Waals surface area contributed by atoms with Crippen molar-refractivity contribution in [2.75, 3.05) is 25.4 Å². The topological polar surface area (TPSA) is 86.4 Å². The van der Waals surface area contributed by atoms with Crippen LogP contribution in [0.25, 0.3) is 0 Å². The van der Waals surface area contributed by atoms with Crippen LogP contribution in [0.5, 0.6) is 0 Å². The van der Waals surface area contributed by atoms with Crippen LogP contribution in [-0.4, -0.2) is 59.1 Å². The number of carbonyl (C=O) groups excluding carboxylic acids is 1. The number of likely N-dealkylation sites (tertiary alicyclic amines) is 1. The summed E-state index contributed by atoms with van der Waals surface area (Å²) in [5.74, 6) is 0.771. The molecule has 2 aromatic rings. The molecule has 1 amide bonds. The molecule has 0 bridgehead atoms. The van der Waals surface area contributed by atoms with E-state index in [0.717, 1.165) is 24.0 Å². The number of benzene rings is 1. The van der Waals surface area contributed by atoms with Gasteiger partial charge in [0.05, 0.1) is 11.8 Å². The number of hydrogen-bond donors (Lipinski definition) is 1. The molecule has 8 heteroatoms. The Kier molecular flexibility index (Phi) is 4.51. The third kappa shape index (κ3) is 3.38. The van der Waals surface area contributed by atoms with E-state index in [4.69, 9.17) is 0 Å². The molecule has 1 aliphatic carbocycles. The van der Waals surface area contributed by atoms with Crippen LogP contribution in [0.15, 0.2) is 36.5 Å². The molecule has 3 atom stereocenters. The molecule has 3 fully saturated rings. The molecule has 0 unspecified atom stereocenters. The summed E-state index contributed by atoms with van der Waals surface area (Å²) in [7, 11) is -3.32. The molecule has 1 saturated carbocycles. The third-order valence-electron chi connectivity index (χ3n) is 6.65. The standard InChI is InChI=1S/C21H26N4O3S/c1-14-4-2-3-5-17(14)20-18-12-24(21(26)19-8-9-22-23-19)10-16(18)11-25(20)29(27,28)13-15-6-7-15/h2-5,8-9,15-16,18,20H,6-7,10-13H2,1H3,(H,22,23)/t16-,18-,20+/m0/s1. The number of nitrogens with one attached hydrogen (secondary N) is 1. The molecular weight excluding hydrogens is 388 g/mol. The number of fused-ring (bicyclic) bond motifs is 1. The average molecular weight is 415 g/mol. The van der Waals surface area contributed by atoms with Crippen molar-refractivity contribution in [1.29, 1.82) is 0 Å². The number of aromatic nitrogens is 2. The van der Waals surface area contributed by atoms with E-state index < -0.39 is 10.0 Å². The van der Waals surface area contributed by atoms with Crippen molar-refractivity contribution in [1.82, 2.24) is 19.4 Å². The largest absolute Gasteiger partial charge is 0.337 e. The van der Waals surface area contributed by atoms with E-state index in [9.17, 15) is 13.2 Å². The molecule has 3 aliphatic rings. The number of nitrogens with zero attached hydrogens (tertiary/aromatic N) is 3. The summed E-state index contributed by atoms with van der Waals surface area (Å²) in [6.45, 7) is 3.68. The molecule has 3 heterocycles. The first-order chi connectivity index (χ1) is 13.9. The Hall–Kier alpha value is -2.19. The zero-order valence-corrected chi connectivity index (χ0v) is 17.3. The van der Waals surface area contributed by atoms with E-state index in [1.54, 1.807) is 16.6 Å². The van der Waals surface area contributed by atoms with Gasteiger partial charge in [-0.1, -0.05) is 24.3 Å². The van der Waals surface area contributed by atoms with Gasteiger partial charge < -0.3 is 4.90 Å². The van der Waals surface area contributed by atoms with Crippen molar-refractivity contribution >= 4 is 15.9 Å². The summed E-state index contributed by atoms with van der Waals surface area (Å²) >= 11 is 0. The van der Waals surface area contributed by atoms with Gasteiger partial charge in [-0.05, 0) is 48.8 Å². The zero-order valence-electron chi connectivity index (χ0n) is 16.5. The highest BCUT2D eigenvalue weighted by molar-refractivity contribution is 7.89. The van der Waals surface area contributed by atoms with Crippen LogP contribution in [0.4, 0.5) is 0 Å². The molecular formula is C21H26N4O3S. The maximum Gasteiger partial charge on any atom is 0.271 e. The van der Waals surface area contributed by atoms with E-state index in [2.05, 4.69) is 10.2 Å². The lowest BCUT2D eigenvalue weighted by Gasteiger charge is -2.30. The van der Waals surface area contributed by atoms with E-state index in [-0.39, 0.29) is 29.5 Å². The molecule has 0 radical (unpaired) electrons. The molecule has 29 heavy (non-hydrogen) atoms. The summed E-state index contributed by atoms with van der Waals surface area (Å²) in [6.07, 6.45) is 3.61. The van der Waals surface area contributed by atoms with Gasteiger partial charge >= 0.3 is 0 Å². The predicted molar refractivity (Wildman–Crippen MR) is 109 cm³/mol. The first-order valence-electron chi connectivity index (χ1n) is 10.3. The fraction of sp³-hybridized carbons (Fsp3) is 0.524. The van der Waals surface area contributed by atoms with Gasteiger partial charge in [0.1, 0.15) is 5.69 Å². The Morgan fingerprint density at radius 2 is 1.97 bits per heavy atom. The second-order valence-electron chi connectivity index (χ2n) is 8.70. The molecule has 0 spiro atoms. The Balaban J connectivity index is 1.46. The third-order valence-corrected chi connectivity index (χ3v) is 8.63.